The fraction of sp³-hybridized carbons (Fsp3) is 0.278. The average Bonchev–Trinajstić information content (AvgIpc) is 3.12. The second-order valence-electron chi connectivity index (χ2n) is 5.70. The van der Waals surface area contributed by atoms with Crippen molar-refractivity contribution in [3.8, 4) is 11.5 Å². The minimum Gasteiger partial charge on any atom is -0.493 e. The van der Waals surface area contributed by atoms with Crippen LogP contribution in [0.3, 0.4) is 0 Å². The molecule has 0 spiro atoms. The molecule has 0 aliphatic rings. The van der Waals surface area contributed by atoms with Crippen LogP contribution in [-0.2, 0) is 11.3 Å². The SMILES string of the molecule is COc1cc(C)c(NC(=O)CCn2cnc3sccc3c2=O)cc1OC. The summed E-state index contributed by atoms with van der Waals surface area (Å²) in [6.45, 7) is 2.13. The van der Waals surface area contributed by atoms with Crippen LogP contribution in [0, 0.1) is 6.92 Å². The van der Waals surface area contributed by atoms with Crippen molar-refractivity contribution >= 4 is 33.1 Å². The molecule has 1 aromatic carbocycles. The van der Waals surface area contributed by atoms with E-state index in [0.29, 0.717) is 27.4 Å². The highest BCUT2D eigenvalue weighted by Crippen LogP contribution is 2.32. The van der Waals surface area contributed by atoms with Gasteiger partial charge in [0.05, 0.1) is 25.9 Å². The topological polar surface area (TPSA) is 82.5 Å². The van der Waals surface area contributed by atoms with Crippen molar-refractivity contribution in [1.82, 2.24) is 9.55 Å². The van der Waals surface area contributed by atoms with Gasteiger partial charge in [0.15, 0.2) is 11.5 Å². The van der Waals surface area contributed by atoms with Crippen molar-refractivity contribution in [2.24, 2.45) is 0 Å². The highest BCUT2D eigenvalue weighted by Gasteiger charge is 2.12. The van der Waals surface area contributed by atoms with Gasteiger partial charge < -0.3 is 14.8 Å². The molecule has 0 saturated heterocycles. The minimum atomic E-state index is -0.197. The molecule has 3 aromatic rings. The molecule has 7 nitrogen and oxygen atoms in total. The zero-order valence-electron chi connectivity index (χ0n) is 14.7. The smallest absolute Gasteiger partial charge is 0.262 e. The maximum absolute atomic E-state index is 12.3. The Morgan fingerprint density at radius 2 is 2.00 bits per heavy atom. The molecule has 8 heteroatoms. The number of carbonyl (C=O) groups is 1. The molecule has 3 rings (SSSR count). The standard InChI is InChI=1S/C18H19N3O4S/c1-11-8-14(24-2)15(25-3)9-13(11)20-16(22)4-6-21-10-19-17-12(18(21)23)5-7-26-17/h5,7-10H,4,6H2,1-3H3,(H,20,22). The lowest BCUT2D eigenvalue weighted by Gasteiger charge is -2.14. The number of ether oxygens (including phenoxy) is 2. The molecule has 0 unspecified atom stereocenters. The molecular weight excluding hydrogens is 354 g/mol. The second kappa shape index (κ2) is 7.57. The Hall–Kier alpha value is -2.87. The minimum absolute atomic E-state index is 0.133. The lowest BCUT2D eigenvalue weighted by molar-refractivity contribution is -0.116. The van der Waals surface area contributed by atoms with E-state index in [-0.39, 0.29) is 24.4 Å². The highest BCUT2D eigenvalue weighted by molar-refractivity contribution is 7.16. The van der Waals surface area contributed by atoms with Gasteiger partial charge >= 0.3 is 0 Å². The number of fused-ring (bicyclic) bond motifs is 1. The van der Waals surface area contributed by atoms with Crippen LogP contribution in [-0.4, -0.2) is 29.7 Å². The molecule has 0 aliphatic carbocycles. The number of carbonyl (C=O) groups excluding carboxylic acids is 1. The summed E-state index contributed by atoms with van der Waals surface area (Å²) in [5, 5.41) is 5.26. The Bertz CT molecular complexity index is 1010. The molecule has 2 heterocycles. The molecule has 0 aliphatic heterocycles. The van der Waals surface area contributed by atoms with E-state index in [9.17, 15) is 9.59 Å². The Morgan fingerprint density at radius 3 is 2.73 bits per heavy atom. The fourth-order valence-corrected chi connectivity index (χ4v) is 3.33. The Morgan fingerprint density at radius 1 is 1.27 bits per heavy atom. The van der Waals surface area contributed by atoms with Crippen LogP contribution in [0.15, 0.2) is 34.7 Å². The number of nitrogens with one attached hydrogen (secondary N) is 1. The molecule has 136 valence electrons. The van der Waals surface area contributed by atoms with Crippen LogP contribution < -0.4 is 20.3 Å². The third kappa shape index (κ3) is 3.55. The summed E-state index contributed by atoms with van der Waals surface area (Å²) in [7, 11) is 3.10. The predicted molar refractivity (Wildman–Crippen MR) is 101 cm³/mol. The number of hydrogen-bond donors (Lipinski definition) is 1. The van der Waals surface area contributed by atoms with Gasteiger partial charge in [0.25, 0.3) is 5.56 Å². The summed E-state index contributed by atoms with van der Waals surface area (Å²) in [4.78, 5) is 29.6. The van der Waals surface area contributed by atoms with E-state index in [4.69, 9.17) is 9.47 Å². The van der Waals surface area contributed by atoms with Gasteiger partial charge in [-0.05, 0) is 30.0 Å². The molecule has 1 N–H and O–H groups in total. The van der Waals surface area contributed by atoms with E-state index in [1.165, 1.54) is 22.2 Å². The Labute approximate surface area is 154 Å². The fourth-order valence-electron chi connectivity index (χ4n) is 2.60. The third-order valence-electron chi connectivity index (χ3n) is 4.03. The Kier molecular flexibility index (Phi) is 5.22. The summed E-state index contributed by atoms with van der Waals surface area (Å²) in [5.41, 5.74) is 1.37. The first-order chi connectivity index (χ1) is 12.5. The molecule has 0 fully saturated rings. The maximum atomic E-state index is 12.3. The molecular formula is C18H19N3O4S. The zero-order valence-corrected chi connectivity index (χ0v) is 15.6. The molecule has 26 heavy (non-hydrogen) atoms. The van der Waals surface area contributed by atoms with Gasteiger partial charge in [-0.1, -0.05) is 0 Å². The van der Waals surface area contributed by atoms with Crippen molar-refractivity contribution in [3.05, 3.63) is 45.8 Å². The van der Waals surface area contributed by atoms with Gasteiger partial charge in [-0.25, -0.2) is 4.98 Å². The summed E-state index contributed by atoms with van der Waals surface area (Å²) in [6.07, 6.45) is 1.64. The highest BCUT2D eigenvalue weighted by atomic mass is 32.1. The molecule has 0 bridgehead atoms. The van der Waals surface area contributed by atoms with Crippen LogP contribution in [0.25, 0.3) is 10.2 Å². The lowest BCUT2D eigenvalue weighted by atomic mass is 10.1. The van der Waals surface area contributed by atoms with Crippen LogP contribution in [0.4, 0.5) is 5.69 Å². The van der Waals surface area contributed by atoms with Gasteiger partial charge in [-0.3, -0.25) is 14.2 Å². The van der Waals surface area contributed by atoms with Crippen molar-refractivity contribution < 1.29 is 14.3 Å². The van der Waals surface area contributed by atoms with Gasteiger partial charge in [-0.15, -0.1) is 11.3 Å². The first kappa shape index (κ1) is 17.9. The monoisotopic (exact) mass is 373 g/mol. The van der Waals surface area contributed by atoms with Crippen molar-refractivity contribution in [1.29, 1.82) is 0 Å². The zero-order chi connectivity index (χ0) is 18.7. The van der Waals surface area contributed by atoms with Crippen molar-refractivity contribution in [2.45, 2.75) is 19.9 Å². The number of hydrogen-bond acceptors (Lipinski definition) is 6. The Balaban J connectivity index is 1.71. The summed E-state index contributed by atoms with van der Waals surface area (Å²) in [5.74, 6) is 0.944. The van der Waals surface area contributed by atoms with Crippen LogP contribution in [0.1, 0.15) is 12.0 Å². The van der Waals surface area contributed by atoms with E-state index < -0.39 is 0 Å². The van der Waals surface area contributed by atoms with Gasteiger partial charge in [0, 0.05) is 24.7 Å². The van der Waals surface area contributed by atoms with E-state index in [0.717, 1.165) is 5.56 Å². The van der Waals surface area contributed by atoms with Gasteiger partial charge in [-0.2, -0.15) is 0 Å². The van der Waals surface area contributed by atoms with E-state index in [2.05, 4.69) is 10.3 Å². The second-order valence-corrected chi connectivity index (χ2v) is 6.60. The van der Waals surface area contributed by atoms with Crippen molar-refractivity contribution in [3.63, 3.8) is 0 Å². The molecule has 0 saturated carbocycles. The van der Waals surface area contributed by atoms with Gasteiger partial charge in [0.1, 0.15) is 4.83 Å². The average molecular weight is 373 g/mol. The van der Waals surface area contributed by atoms with Crippen LogP contribution in [0.2, 0.25) is 0 Å². The molecule has 1 amide bonds. The van der Waals surface area contributed by atoms with Crippen LogP contribution >= 0.6 is 11.3 Å². The molecule has 0 atom stereocenters. The maximum Gasteiger partial charge on any atom is 0.262 e. The van der Waals surface area contributed by atoms with E-state index >= 15 is 0 Å². The van der Waals surface area contributed by atoms with Gasteiger partial charge in [0.2, 0.25) is 5.91 Å². The summed E-state index contributed by atoms with van der Waals surface area (Å²) >= 11 is 1.42. The first-order valence-electron chi connectivity index (χ1n) is 7.98. The molecule has 0 radical (unpaired) electrons. The normalized spacial score (nSPS) is 10.7. The first-order valence-corrected chi connectivity index (χ1v) is 8.86. The number of methoxy groups -OCH3 is 2. The number of aryl methyl sites for hydroxylation is 2. The number of benzene rings is 1. The third-order valence-corrected chi connectivity index (χ3v) is 4.86. The number of rotatable bonds is 6. The number of thiophene rings is 1. The predicted octanol–water partition coefficient (Wildman–Crippen LogP) is 2.81. The summed E-state index contributed by atoms with van der Waals surface area (Å²) in [6, 6.07) is 5.27. The largest absolute Gasteiger partial charge is 0.493 e. The quantitative estimate of drug-likeness (QED) is 0.718. The van der Waals surface area contributed by atoms with Crippen molar-refractivity contribution in [2.75, 3.05) is 19.5 Å². The van der Waals surface area contributed by atoms with E-state index in [1.807, 2.05) is 12.3 Å². The van der Waals surface area contributed by atoms with E-state index in [1.54, 1.807) is 32.4 Å². The molecule has 2 aromatic heterocycles. The lowest BCUT2D eigenvalue weighted by Crippen LogP contribution is -2.23. The number of aromatic nitrogens is 2. The van der Waals surface area contributed by atoms with Crippen LogP contribution in [0.5, 0.6) is 11.5 Å². The number of anilines is 1. The summed E-state index contributed by atoms with van der Waals surface area (Å²) < 4.78 is 12.0. The number of nitrogens with zero attached hydrogens (tertiary/aromatic N) is 2. The number of amides is 1.